The average molecular weight is 165 g/mol. The molecule has 2 heteroatoms. The third-order valence-corrected chi connectivity index (χ3v) is 2.08. The van der Waals surface area contributed by atoms with E-state index in [1.807, 2.05) is 18.3 Å². The van der Waals surface area contributed by atoms with Gasteiger partial charge in [-0.25, -0.2) is 0 Å². The summed E-state index contributed by atoms with van der Waals surface area (Å²) in [7, 11) is 0. The zero-order valence-corrected chi connectivity index (χ0v) is 7.40. The van der Waals surface area contributed by atoms with Gasteiger partial charge in [0, 0.05) is 19.0 Å². The van der Waals surface area contributed by atoms with Crippen molar-refractivity contribution in [3.63, 3.8) is 0 Å². The van der Waals surface area contributed by atoms with Crippen molar-refractivity contribution in [1.29, 1.82) is 0 Å². The van der Waals surface area contributed by atoms with Crippen LogP contribution in [-0.4, -0.2) is 16.7 Å². The molecule has 0 saturated heterocycles. The highest BCUT2D eigenvalue weighted by Gasteiger charge is 2.04. The quantitative estimate of drug-likeness (QED) is 0.735. The van der Waals surface area contributed by atoms with Crippen molar-refractivity contribution in [1.82, 2.24) is 4.98 Å². The van der Waals surface area contributed by atoms with Crippen molar-refractivity contribution >= 4 is 0 Å². The highest BCUT2D eigenvalue weighted by Crippen LogP contribution is 2.09. The molecular weight excluding hydrogens is 150 g/mol. The standard InChI is InChI=1S/C10H15NO/c1-2-9(8-12)6-10-4-3-5-11-7-10/h3-5,7,9,12H,2,6,8H2,1H3. The minimum absolute atomic E-state index is 0.269. The molecule has 1 aromatic rings. The van der Waals surface area contributed by atoms with Gasteiger partial charge in [0.1, 0.15) is 0 Å². The van der Waals surface area contributed by atoms with Gasteiger partial charge in [0.15, 0.2) is 0 Å². The van der Waals surface area contributed by atoms with E-state index in [4.69, 9.17) is 5.11 Å². The lowest BCUT2D eigenvalue weighted by Crippen LogP contribution is -2.08. The Hall–Kier alpha value is -0.890. The van der Waals surface area contributed by atoms with Gasteiger partial charge in [-0.2, -0.15) is 0 Å². The SMILES string of the molecule is CCC(CO)Cc1cccnc1. The second-order valence-corrected chi connectivity index (χ2v) is 3.02. The van der Waals surface area contributed by atoms with E-state index in [0.717, 1.165) is 12.8 Å². The summed E-state index contributed by atoms with van der Waals surface area (Å²) in [6, 6.07) is 3.98. The molecule has 0 amide bonds. The Morgan fingerprint density at radius 3 is 2.92 bits per heavy atom. The van der Waals surface area contributed by atoms with E-state index in [9.17, 15) is 0 Å². The number of hydrogen-bond donors (Lipinski definition) is 1. The lowest BCUT2D eigenvalue weighted by molar-refractivity contribution is 0.222. The molecule has 1 rings (SSSR count). The van der Waals surface area contributed by atoms with Gasteiger partial charge in [-0.1, -0.05) is 19.4 Å². The van der Waals surface area contributed by atoms with Crippen molar-refractivity contribution in [2.75, 3.05) is 6.61 Å². The van der Waals surface area contributed by atoms with Gasteiger partial charge in [0.25, 0.3) is 0 Å². The van der Waals surface area contributed by atoms with Crippen LogP contribution in [0.4, 0.5) is 0 Å². The summed E-state index contributed by atoms with van der Waals surface area (Å²) >= 11 is 0. The maximum atomic E-state index is 8.97. The van der Waals surface area contributed by atoms with E-state index in [-0.39, 0.29) is 6.61 Å². The van der Waals surface area contributed by atoms with Gasteiger partial charge in [0.05, 0.1) is 0 Å². The molecule has 0 aliphatic heterocycles. The normalized spacial score (nSPS) is 12.8. The Bertz CT molecular complexity index is 206. The molecule has 1 atom stereocenters. The number of aliphatic hydroxyl groups is 1. The molecule has 1 N–H and O–H groups in total. The largest absolute Gasteiger partial charge is 0.396 e. The van der Waals surface area contributed by atoms with Gasteiger partial charge < -0.3 is 5.11 Å². The molecule has 1 heterocycles. The summed E-state index contributed by atoms with van der Waals surface area (Å²) < 4.78 is 0. The molecule has 1 aromatic heterocycles. The minimum atomic E-state index is 0.269. The molecule has 2 nitrogen and oxygen atoms in total. The van der Waals surface area contributed by atoms with E-state index in [0.29, 0.717) is 5.92 Å². The van der Waals surface area contributed by atoms with E-state index in [1.54, 1.807) is 6.20 Å². The Morgan fingerprint density at radius 2 is 2.42 bits per heavy atom. The van der Waals surface area contributed by atoms with Gasteiger partial charge in [0.2, 0.25) is 0 Å². The van der Waals surface area contributed by atoms with Gasteiger partial charge in [-0.05, 0) is 24.0 Å². The molecular formula is C10H15NO. The lowest BCUT2D eigenvalue weighted by atomic mass is 9.99. The van der Waals surface area contributed by atoms with Crippen molar-refractivity contribution in [2.45, 2.75) is 19.8 Å². The molecule has 0 bridgehead atoms. The van der Waals surface area contributed by atoms with Crippen LogP contribution in [0.2, 0.25) is 0 Å². The zero-order valence-electron chi connectivity index (χ0n) is 7.40. The van der Waals surface area contributed by atoms with E-state index >= 15 is 0 Å². The zero-order chi connectivity index (χ0) is 8.81. The third-order valence-electron chi connectivity index (χ3n) is 2.08. The summed E-state index contributed by atoms with van der Waals surface area (Å²) in [5.74, 6) is 0.384. The van der Waals surface area contributed by atoms with Crippen LogP contribution in [0.1, 0.15) is 18.9 Å². The van der Waals surface area contributed by atoms with Crippen LogP contribution in [-0.2, 0) is 6.42 Å². The van der Waals surface area contributed by atoms with E-state index in [2.05, 4.69) is 11.9 Å². The molecule has 0 aliphatic carbocycles. The smallest absolute Gasteiger partial charge is 0.0462 e. The van der Waals surface area contributed by atoms with Crippen LogP contribution in [0, 0.1) is 5.92 Å². The number of nitrogens with zero attached hydrogens (tertiary/aromatic N) is 1. The van der Waals surface area contributed by atoms with Gasteiger partial charge in [-0.15, -0.1) is 0 Å². The van der Waals surface area contributed by atoms with Crippen molar-refractivity contribution in [3.8, 4) is 0 Å². The number of rotatable bonds is 4. The highest BCUT2D eigenvalue weighted by molar-refractivity contribution is 5.09. The molecule has 0 aromatic carbocycles. The van der Waals surface area contributed by atoms with Crippen LogP contribution in [0.5, 0.6) is 0 Å². The summed E-state index contributed by atoms with van der Waals surface area (Å²) in [5, 5.41) is 8.97. The Labute approximate surface area is 73.3 Å². The van der Waals surface area contributed by atoms with Crippen molar-refractivity contribution in [3.05, 3.63) is 30.1 Å². The predicted octanol–water partition coefficient (Wildman–Crippen LogP) is 1.64. The molecule has 66 valence electrons. The molecule has 0 spiro atoms. The first-order chi connectivity index (χ1) is 5.86. The lowest BCUT2D eigenvalue weighted by Gasteiger charge is -2.10. The van der Waals surface area contributed by atoms with E-state index in [1.165, 1.54) is 5.56 Å². The Balaban J connectivity index is 2.51. The fourth-order valence-electron chi connectivity index (χ4n) is 1.19. The fraction of sp³-hybridized carbons (Fsp3) is 0.500. The van der Waals surface area contributed by atoms with Crippen molar-refractivity contribution < 1.29 is 5.11 Å². The Kier molecular flexibility index (Phi) is 3.74. The molecule has 0 saturated carbocycles. The second-order valence-electron chi connectivity index (χ2n) is 3.02. The molecule has 0 radical (unpaired) electrons. The highest BCUT2D eigenvalue weighted by atomic mass is 16.3. The first-order valence-electron chi connectivity index (χ1n) is 4.36. The molecule has 1 unspecified atom stereocenters. The number of pyridine rings is 1. The minimum Gasteiger partial charge on any atom is -0.396 e. The van der Waals surface area contributed by atoms with Gasteiger partial charge >= 0.3 is 0 Å². The second kappa shape index (κ2) is 4.88. The van der Waals surface area contributed by atoms with Crippen LogP contribution in [0.3, 0.4) is 0 Å². The molecule has 0 fully saturated rings. The van der Waals surface area contributed by atoms with Crippen LogP contribution < -0.4 is 0 Å². The van der Waals surface area contributed by atoms with Crippen LogP contribution in [0.15, 0.2) is 24.5 Å². The maximum absolute atomic E-state index is 8.97. The van der Waals surface area contributed by atoms with Crippen molar-refractivity contribution in [2.24, 2.45) is 5.92 Å². The molecule has 12 heavy (non-hydrogen) atoms. The number of hydrogen-bond acceptors (Lipinski definition) is 2. The van der Waals surface area contributed by atoms with Crippen LogP contribution >= 0.6 is 0 Å². The Morgan fingerprint density at radius 1 is 1.58 bits per heavy atom. The number of aromatic nitrogens is 1. The summed E-state index contributed by atoms with van der Waals surface area (Å²) in [5.41, 5.74) is 1.21. The molecule has 0 aliphatic rings. The third kappa shape index (κ3) is 2.62. The summed E-state index contributed by atoms with van der Waals surface area (Å²) in [6.07, 6.45) is 5.58. The number of aliphatic hydroxyl groups excluding tert-OH is 1. The van der Waals surface area contributed by atoms with Crippen LogP contribution in [0.25, 0.3) is 0 Å². The summed E-state index contributed by atoms with van der Waals surface area (Å²) in [6.45, 7) is 2.36. The summed E-state index contributed by atoms with van der Waals surface area (Å²) in [4.78, 5) is 4.02. The first kappa shape index (κ1) is 9.20. The predicted molar refractivity (Wildman–Crippen MR) is 48.8 cm³/mol. The maximum Gasteiger partial charge on any atom is 0.0462 e. The monoisotopic (exact) mass is 165 g/mol. The van der Waals surface area contributed by atoms with Gasteiger partial charge in [-0.3, -0.25) is 4.98 Å². The van der Waals surface area contributed by atoms with E-state index < -0.39 is 0 Å². The average Bonchev–Trinajstić information content (AvgIpc) is 2.16. The first-order valence-corrected chi connectivity index (χ1v) is 4.36. The fourth-order valence-corrected chi connectivity index (χ4v) is 1.19. The topological polar surface area (TPSA) is 33.1 Å².